The first-order valence-electron chi connectivity index (χ1n) is 8.35. The van der Waals surface area contributed by atoms with E-state index < -0.39 is 0 Å². The number of fused-ring (bicyclic) bond motifs is 1. The molecule has 7 nitrogen and oxygen atoms in total. The molecule has 3 aromatic rings. The second kappa shape index (κ2) is 6.59. The lowest BCUT2D eigenvalue weighted by Gasteiger charge is -2.25. The van der Waals surface area contributed by atoms with Gasteiger partial charge in [0.25, 0.3) is 5.91 Å². The number of ether oxygens (including phenoxy) is 1. The molecule has 0 atom stereocenters. The summed E-state index contributed by atoms with van der Waals surface area (Å²) in [6.45, 7) is 2.83. The van der Waals surface area contributed by atoms with Crippen LogP contribution in [0.5, 0.6) is 5.75 Å². The van der Waals surface area contributed by atoms with E-state index in [1.54, 1.807) is 18.2 Å². The summed E-state index contributed by atoms with van der Waals surface area (Å²) in [7, 11) is 1.63. The Balaban J connectivity index is 1.63. The third-order valence-corrected chi connectivity index (χ3v) is 4.46. The number of aromatic nitrogens is 3. The van der Waals surface area contributed by atoms with Crippen molar-refractivity contribution in [3.05, 3.63) is 59.4 Å². The average molecular weight is 350 g/mol. The predicted molar refractivity (Wildman–Crippen MR) is 93.7 cm³/mol. The predicted octanol–water partition coefficient (Wildman–Crippen LogP) is 2.65. The second-order valence-electron chi connectivity index (χ2n) is 6.18. The van der Waals surface area contributed by atoms with Gasteiger partial charge in [-0.2, -0.15) is 0 Å². The molecule has 0 aliphatic carbocycles. The molecule has 0 fully saturated rings. The smallest absolute Gasteiger partial charge is 0.274 e. The topological polar surface area (TPSA) is 81.4 Å². The Kier molecular flexibility index (Phi) is 4.12. The molecular formula is C19H18N4O3. The molecule has 0 radical (unpaired) electrons. The summed E-state index contributed by atoms with van der Waals surface area (Å²) in [6, 6.07) is 7.64. The monoisotopic (exact) mass is 350 g/mol. The van der Waals surface area contributed by atoms with Gasteiger partial charge in [-0.1, -0.05) is 17.3 Å². The zero-order chi connectivity index (χ0) is 18.1. The molecule has 0 unspecified atom stereocenters. The van der Waals surface area contributed by atoms with Crippen molar-refractivity contribution in [1.82, 2.24) is 20.0 Å². The number of methoxy groups -OCH3 is 1. The van der Waals surface area contributed by atoms with Crippen LogP contribution in [0.4, 0.5) is 0 Å². The van der Waals surface area contributed by atoms with Crippen molar-refractivity contribution in [3.63, 3.8) is 0 Å². The van der Waals surface area contributed by atoms with E-state index >= 15 is 0 Å². The van der Waals surface area contributed by atoms with Gasteiger partial charge in [0.05, 0.1) is 25.5 Å². The summed E-state index contributed by atoms with van der Waals surface area (Å²) in [6.07, 6.45) is 3.74. The molecule has 0 saturated heterocycles. The minimum atomic E-state index is -0.138. The quantitative estimate of drug-likeness (QED) is 0.722. The highest BCUT2D eigenvalue weighted by molar-refractivity contribution is 5.92. The lowest BCUT2D eigenvalue weighted by molar-refractivity contribution is 0.0722. The van der Waals surface area contributed by atoms with Gasteiger partial charge >= 0.3 is 0 Å². The summed E-state index contributed by atoms with van der Waals surface area (Å²) < 4.78 is 10.8. The zero-order valence-electron chi connectivity index (χ0n) is 14.6. The van der Waals surface area contributed by atoms with Crippen LogP contribution in [0.25, 0.3) is 11.3 Å². The summed E-state index contributed by atoms with van der Waals surface area (Å²) >= 11 is 0. The lowest BCUT2D eigenvalue weighted by atomic mass is 10.0. The molecule has 26 heavy (non-hydrogen) atoms. The molecule has 1 aliphatic rings. The van der Waals surface area contributed by atoms with Crippen molar-refractivity contribution in [2.24, 2.45) is 0 Å². The number of benzene rings is 1. The highest BCUT2D eigenvalue weighted by Gasteiger charge is 2.28. The Morgan fingerprint density at radius 3 is 2.92 bits per heavy atom. The third kappa shape index (κ3) is 2.92. The summed E-state index contributed by atoms with van der Waals surface area (Å²) in [5, 5.41) is 4.23. The molecule has 2 aromatic heterocycles. The summed E-state index contributed by atoms with van der Waals surface area (Å²) in [4.78, 5) is 22.8. The number of carbonyl (C=O) groups excluding carboxylic acids is 1. The van der Waals surface area contributed by atoms with E-state index in [0.29, 0.717) is 25.2 Å². The summed E-state index contributed by atoms with van der Waals surface area (Å²) in [5.74, 6) is 1.43. The van der Waals surface area contributed by atoms with Crippen LogP contribution in [-0.4, -0.2) is 39.6 Å². The van der Waals surface area contributed by atoms with Crippen molar-refractivity contribution >= 4 is 5.91 Å². The van der Waals surface area contributed by atoms with E-state index in [0.717, 1.165) is 34.0 Å². The molecule has 3 heterocycles. The van der Waals surface area contributed by atoms with E-state index in [9.17, 15) is 4.79 Å². The molecule has 0 saturated carbocycles. The molecule has 132 valence electrons. The molecule has 7 heteroatoms. The number of nitrogens with zero attached hydrogens (tertiary/aromatic N) is 4. The standard InChI is InChI=1S/C19H18N4O3/c1-12-9-21-16(10-20-12)19(24)23-7-6-17-15(11-23)18(22-26-17)13-4-3-5-14(8-13)25-2/h3-5,8-10H,6-7,11H2,1-2H3. The molecule has 0 N–H and O–H groups in total. The van der Waals surface area contributed by atoms with Gasteiger partial charge in [-0.25, -0.2) is 4.98 Å². The highest BCUT2D eigenvalue weighted by atomic mass is 16.5. The normalized spacial score (nSPS) is 13.4. The van der Waals surface area contributed by atoms with Gasteiger partial charge in [0.1, 0.15) is 22.9 Å². The van der Waals surface area contributed by atoms with Crippen LogP contribution in [0.2, 0.25) is 0 Å². The molecular weight excluding hydrogens is 332 g/mol. The van der Waals surface area contributed by atoms with Crippen LogP contribution in [0, 0.1) is 6.92 Å². The minimum Gasteiger partial charge on any atom is -0.497 e. The largest absolute Gasteiger partial charge is 0.497 e. The fourth-order valence-electron chi connectivity index (χ4n) is 3.04. The average Bonchev–Trinajstić information content (AvgIpc) is 3.11. The third-order valence-electron chi connectivity index (χ3n) is 4.46. The number of hydrogen-bond donors (Lipinski definition) is 0. The number of rotatable bonds is 3. The van der Waals surface area contributed by atoms with Gasteiger partial charge in [-0.15, -0.1) is 0 Å². The van der Waals surface area contributed by atoms with Crippen molar-refractivity contribution < 1.29 is 14.1 Å². The first-order chi connectivity index (χ1) is 12.7. The van der Waals surface area contributed by atoms with Crippen molar-refractivity contribution in [1.29, 1.82) is 0 Å². The minimum absolute atomic E-state index is 0.138. The highest BCUT2D eigenvalue weighted by Crippen LogP contribution is 2.31. The van der Waals surface area contributed by atoms with Crippen molar-refractivity contribution in [2.75, 3.05) is 13.7 Å². The SMILES string of the molecule is COc1cccc(-c2noc3c2CN(C(=O)c2cnc(C)cn2)CC3)c1. The van der Waals surface area contributed by atoms with Gasteiger partial charge in [0, 0.05) is 30.3 Å². The van der Waals surface area contributed by atoms with Crippen LogP contribution >= 0.6 is 0 Å². The Bertz CT molecular complexity index is 950. The van der Waals surface area contributed by atoms with Gasteiger partial charge in [-0.05, 0) is 19.1 Å². The maximum Gasteiger partial charge on any atom is 0.274 e. The fraction of sp³-hybridized carbons (Fsp3) is 0.263. The van der Waals surface area contributed by atoms with E-state index in [1.807, 2.05) is 31.2 Å². The Morgan fingerprint density at radius 2 is 2.15 bits per heavy atom. The molecule has 4 rings (SSSR count). The molecule has 1 aliphatic heterocycles. The van der Waals surface area contributed by atoms with Crippen molar-refractivity contribution in [3.8, 4) is 17.0 Å². The Labute approximate surface area is 150 Å². The van der Waals surface area contributed by atoms with E-state index in [4.69, 9.17) is 9.26 Å². The first kappa shape index (κ1) is 16.3. The maximum absolute atomic E-state index is 12.7. The van der Waals surface area contributed by atoms with Gasteiger partial charge in [0.2, 0.25) is 0 Å². The molecule has 0 spiro atoms. The summed E-state index contributed by atoms with van der Waals surface area (Å²) in [5.41, 5.74) is 3.70. The molecule has 1 amide bonds. The van der Waals surface area contributed by atoms with Crippen LogP contribution in [0.3, 0.4) is 0 Å². The van der Waals surface area contributed by atoms with Crippen LogP contribution < -0.4 is 4.74 Å². The zero-order valence-corrected chi connectivity index (χ0v) is 14.6. The molecule has 1 aromatic carbocycles. The van der Waals surface area contributed by atoms with Gasteiger partial charge in [0.15, 0.2) is 0 Å². The second-order valence-corrected chi connectivity index (χ2v) is 6.18. The number of hydrogen-bond acceptors (Lipinski definition) is 6. The fourth-order valence-corrected chi connectivity index (χ4v) is 3.04. The van der Waals surface area contributed by atoms with Gasteiger partial charge < -0.3 is 14.2 Å². The first-order valence-corrected chi connectivity index (χ1v) is 8.35. The Morgan fingerprint density at radius 1 is 1.27 bits per heavy atom. The maximum atomic E-state index is 12.7. The lowest BCUT2D eigenvalue weighted by Crippen LogP contribution is -2.36. The van der Waals surface area contributed by atoms with Crippen LogP contribution in [0.15, 0.2) is 41.2 Å². The van der Waals surface area contributed by atoms with E-state index in [1.165, 1.54) is 6.20 Å². The van der Waals surface area contributed by atoms with Gasteiger partial charge in [-0.3, -0.25) is 9.78 Å². The number of amides is 1. The van der Waals surface area contributed by atoms with Crippen molar-refractivity contribution in [2.45, 2.75) is 19.9 Å². The number of carbonyl (C=O) groups is 1. The molecule has 0 bridgehead atoms. The van der Waals surface area contributed by atoms with Crippen LogP contribution in [0.1, 0.15) is 27.5 Å². The van der Waals surface area contributed by atoms with Crippen LogP contribution in [-0.2, 0) is 13.0 Å². The van der Waals surface area contributed by atoms with E-state index in [-0.39, 0.29) is 5.91 Å². The Hall–Kier alpha value is -3.22. The number of aryl methyl sites for hydroxylation is 1. The van der Waals surface area contributed by atoms with E-state index in [2.05, 4.69) is 15.1 Å².